The predicted octanol–water partition coefficient (Wildman–Crippen LogP) is -0.466. The third-order valence-corrected chi connectivity index (χ3v) is 6.86. The summed E-state index contributed by atoms with van der Waals surface area (Å²) in [7, 11) is 0.239. The molecule has 3 heterocycles. The van der Waals surface area contributed by atoms with Crippen LogP contribution < -0.4 is 9.80 Å². The van der Waals surface area contributed by atoms with E-state index in [1.807, 2.05) is 36.0 Å². The number of imide groups is 1. The zero-order valence-corrected chi connectivity index (χ0v) is 17.1. The van der Waals surface area contributed by atoms with Crippen LogP contribution in [0.1, 0.15) is 19.3 Å². The van der Waals surface area contributed by atoms with E-state index in [1.54, 1.807) is 0 Å². The summed E-state index contributed by atoms with van der Waals surface area (Å²) in [6, 6.07) is 3.75. The molecule has 0 atom stereocenters. The number of sulfonamides is 1. The van der Waals surface area contributed by atoms with Crippen LogP contribution in [0, 0.1) is 0 Å². The van der Waals surface area contributed by atoms with Crippen molar-refractivity contribution in [3.8, 4) is 0 Å². The molecule has 0 unspecified atom stereocenters. The van der Waals surface area contributed by atoms with Crippen LogP contribution in [0.4, 0.5) is 11.6 Å². The highest BCUT2D eigenvalue weighted by Crippen LogP contribution is 2.18. The van der Waals surface area contributed by atoms with Crippen LogP contribution in [0.25, 0.3) is 0 Å². The number of nitrogens with zero attached hydrogens (tertiary/aromatic N) is 6. The molecule has 2 fully saturated rings. The van der Waals surface area contributed by atoms with E-state index in [2.05, 4.69) is 10.2 Å². The zero-order valence-electron chi connectivity index (χ0n) is 16.2. The van der Waals surface area contributed by atoms with Gasteiger partial charge >= 0.3 is 0 Å². The Bertz CT molecular complexity index is 803. The van der Waals surface area contributed by atoms with Crippen LogP contribution in [0.5, 0.6) is 0 Å². The van der Waals surface area contributed by atoms with Gasteiger partial charge in [-0.15, -0.1) is 10.2 Å². The molecule has 10 nitrogen and oxygen atoms in total. The molecule has 0 aliphatic carbocycles. The third-order valence-electron chi connectivity index (χ3n) is 5.01. The van der Waals surface area contributed by atoms with Gasteiger partial charge in [-0.2, -0.15) is 4.31 Å². The van der Waals surface area contributed by atoms with Gasteiger partial charge in [0.15, 0.2) is 11.6 Å². The number of amides is 2. The number of carbonyl (C=O) groups is 2. The number of carbonyl (C=O) groups excluding carboxylic acids is 2. The molecular weight excluding hydrogens is 384 g/mol. The summed E-state index contributed by atoms with van der Waals surface area (Å²) in [4.78, 5) is 28.6. The minimum absolute atomic E-state index is 0.0717. The Morgan fingerprint density at radius 1 is 1.00 bits per heavy atom. The fourth-order valence-corrected chi connectivity index (χ4v) is 4.70. The van der Waals surface area contributed by atoms with Crippen LogP contribution in [0.3, 0.4) is 0 Å². The van der Waals surface area contributed by atoms with E-state index in [-0.39, 0.29) is 24.1 Å². The fourth-order valence-electron chi connectivity index (χ4n) is 3.31. The molecule has 2 saturated heterocycles. The second-order valence-electron chi connectivity index (χ2n) is 7.14. The van der Waals surface area contributed by atoms with Crippen LogP contribution in [-0.2, 0) is 19.6 Å². The van der Waals surface area contributed by atoms with E-state index in [4.69, 9.17) is 0 Å². The molecule has 1 aromatic rings. The standard InChI is InChI=1S/C17H26N6O4S/c1-20(2)14-6-7-15(19-18-14)21-8-10-22(11-9-21)28(26,27)13-12-23-16(24)4-3-5-17(23)25/h6-7H,3-5,8-13H2,1-2H3. The molecular formula is C17H26N6O4S. The average Bonchev–Trinajstić information content (AvgIpc) is 2.68. The highest BCUT2D eigenvalue weighted by Gasteiger charge is 2.31. The van der Waals surface area contributed by atoms with E-state index in [1.165, 1.54) is 4.31 Å². The fraction of sp³-hybridized carbons (Fsp3) is 0.647. The van der Waals surface area contributed by atoms with Crippen molar-refractivity contribution in [1.82, 2.24) is 19.4 Å². The topological polar surface area (TPSA) is 107 Å². The second kappa shape index (κ2) is 8.39. The Morgan fingerprint density at radius 3 is 2.18 bits per heavy atom. The van der Waals surface area contributed by atoms with E-state index in [0.717, 1.165) is 10.7 Å². The molecule has 3 rings (SSSR count). The monoisotopic (exact) mass is 410 g/mol. The number of aromatic nitrogens is 2. The molecule has 28 heavy (non-hydrogen) atoms. The van der Waals surface area contributed by atoms with Crippen molar-refractivity contribution in [3.63, 3.8) is 0 Å². The molecule has 154 valence electrons. The molecule has 2 amide bonds. The predicted molar refractivity (Wildman–Crippen MR) is 105 cm³/mol. The SMILES string of the molecule is CN(C)c1ccc(N2CCN(S(=O)(=O)CCN3C(=O)CCCC3=O)CC2)nn1. The van der Waals surface area contributed by atoms with E-state index >= 15 is 0 Å². The van der Waals surface area contributed by atoms with Gasteiger partial charge in [-0.1, -0.05) is 0 Å². The number of piperidine rings is 1. The van der Waals surface area contributed by atoms with Gasteiger partial charge in [0, 0.05) is 59.7 Å². The summed E-state index contributed by atoms with van der Waals surface area (Å²) < 4.78 is 26.7. The first-order valence-corrected chi connectivity index (χ1v) is 11.0. The Hall–Kier alpha value is -2.27. The third kappa shape index (κ3) is 4.58. The molecule has 1 aromatic heterocycles. The molecule has 0 bridgehead atoms. The summed E-state index contributed by atoms with van der Waals surface area (Å²) >= 11 is 0. The normalized spacial score (nSPS) is 19.2. The lowest BCUT2D eigenvalue weighted by molar-refractivity contribution is -0.147. The maximum absolute atomic E-state index is 12.6. The highest BCUT2D eigenvalue weighted by molar-refractivity contribution is 7.89. The molecule has 0 N–H and O–H groups in total. The maximum atomic E-state index is 12.6. The first-order chi connectivity index (χ1) is 13.3. The van der Waals surface area contributed by atoms with Gasteiger partial charge in [-0.3, -0.25) is 14.5 Å². The number of hydrogen-bond acceptors (Lipinski definition) is 8. The lowest BCUT2D eigenvalue weighted by atomic mass is 10.1. The van der Waals surface area contributed by atoms with Crippen LogP contribution >= 0.6 is 0 Å². The smallest absolute Gasteiger partial charge is 0.229 e. The number of anilines is 2. The molecule has 0 aromatic carbocycles. The lowest BCUT2D eigenvalue weighted by Crippen LogP contribution is -2.51. The summed E-state index contributed by atoms with van der Waals surface area (Å²) in [6.45, 7) is 1.62. The van der Waals surface area contributed by atoms with Gasteiger partial charge in [0.25, 0.3) is 0 Å². The average molecular weight is 411 g/mol. The lowest BCUT2D eigenvalue weighted by Gasteiger charge is -2.35. The molecule has 2 aliphatic rings. The zero-order chi connectivity index (χ0) is 20.3. The van der Waals surface area contributed by atoms with Gasteiger partial charge in [0.2, 0.25) is 21.8 Å². The quantitative estimate of drug-likeness (QED) is 0.580. The van der Waals surface area contributed by atoms with Gasteiger partial charge in [0.05, 0.1) is 5.75 Å². The first-order valence-electron chi connectivity index (χ1n) is 9.35. The van der Waals surface area contributed by atoms with Crippen molar-refractivity contribution in [2.45, 2.75) is 19.3 Å². The molecule has 0 saturated carbocycles. The van der Waals surface area contributed by atoms with E-state index in [0.29, 0.717) is 51.3 Å². The van der Waals surface area contributed by atoms with E-state index < -0.39 is 10.0 Å². The second-order valence-corrected chi connectivity index (χ2v) is 9.23. The van der Waals surface area contributed by atoms with Crippen molar-refractivity contribution >= 4 is 33.5 Å². The summed E-state index contributed by atoms with van der Waals surface area (Å²) in [5, 5.41) is 8.36. The van der Waals surface area contributed by atoms with Crippen molar-refractivity contribution in [2.75, 3.05) is 62.4 Å². The molecule has 0 radical (unpaired) electrons. The molecule has 11 heteroatoms. The van der Waals surface area contributed by atoms with Crippen LogP contribution in [0.15, 0.2) is 12.1 Å². The van der Waals surface area contributed by atoms with Gasteiger partial charge in [-0.05, 0) is 18.6 Å². The summed E-state index contributed by atoms with van der Waals surface area (Å²) in [5.74, 6) is 0.674. The Kier molecular flexibility index (Phi) is 6.14. The Labute approximate surface area is 165 Å². The largest absolute Gasteiger partial charge is 0.361 e. The van der Waals surface area contributed by atoms with Gasteiger partial charge < -0.3 is 9.80 Å². The number of rotatable bonds is 6. The van der Waals surface area contributed by atoms with Gasteiger partial charge in [-0.25, -0.2) is 8.42 Å². The van der Waals surface area contributed by atoms with Crippen LogP contribution in [0.2, 0.25) is 0 Å². The summed E-state index contributed by atoms with van der Waals surface area (Å²) in [6.07, 6.45) is 1.15. The summed E-state index contributed by atoms with van der Waals surface area (Å²) in [5.41, 5.74) is 0. The number of hydrogen-bond donors (Lipinski definition) is 0. The minimum atomic E-state index is -3.54. The first kappa shape index (κ1) is 20.5. The number of likely N-dealkylation sites (tertiary alicyclic amines) is 1. The van der Waals surface area contributed by atoms with Crippen molar-refractivity contribution in [3.05, 3.63) is 12.1 Å². The number of piperazine rings is 1. The van der Waals surface area contributed by atoms with Crippen LogP contribution in [-0.4, -0.2) is 92.2 Å². The molecule has 0 spiro atoms. The maximum Gasteiger partial charge on any atom is 0.229 e. The van der Waals surface area contributed by atoms with Gasteiger partial charge in [0.1, 0.15) is 0 Å². The van der Waals surface area contributed by atoms with Crippen molar-refractivity contribution < 1.29 is 18.0 Å². The van der Waals surface area contributed by atoms with Crippen molar-refractivity contribution in [2.24, 2.45) is 0 Å². The Morgan fingerprint density at radius 2 is 1.64 bits per heavy atom. The molecule has 2 aliphatic heterocycles. The Balaban J connectivity index is 1.54. The van der Waals surface area contributed by atoms with Crippen molar-refractivity contribution in [1.29, 1.82) is 0 Å². The minimum Gasteiger partial charge on any atom is -0.361 e. The van der Waals surface area contributed by atoms with E-state index in [9.17, 15) is 18.0 Å². The highest BCUT2D eigenvalue weighted by atomic mass is 32.2.